The summed E-state index contributed by atoms with van der Waals surface area (Å²) in [4.78, 5) is 17.0. The maximum atomic E-state index is 12.8. The summed E-state index contributed by atoms with van der Waals surface area (Å²) in [5.41, 5.74) is 2.09. The van der Waals surface area contributed by atoms with E-state index in [0.717, 1.165) is 0 Å². The third kappa shape index (κ3) is 5.16. The minimum atomic E-state index is -3.83. The maximum absolute atomic E-state index is 12.8. The highest BCUT2D eigenvalue weighted by molar-refractivity contribution is 7.92. The Hall–Kier alpha value is -4.20. The monoisotopic (exact) mass is 490 g/mol. The van der Waals surface area contributed by atoms with Crippen molar-refractivity contribution in [1.29, 1.82) is 5.26 Å². The van der Waals surface area contributed by atoms with E-state index >= 15 is 0 Å². The van der Waals surface area contributed by atoms with Crippen molar-refractivity contribution in [1.82, 2.24) is 9.55 Å². The van der Waals surface area contributed by atoms with Crippen LogP contribution in [-0.2, 0) is 26.1 Å². The SMILES string of the molecule is CCOC(=O)Cn1c(C(O)c2ccc(C#N)cc2)nc2ccc(NS(=O)(=O)c3ccccc3)cc21. The normalized spacial score (nSPS) is 12.1. The molecule has 1 aromatic heterocycles. The van der Waals surface area contributed by atoms with Crippen LogP contribution in [0.25, 0.3) is 11.0 Å². The zero-order chi connectivity index (χ0) is 25.0. The van der Waals surface area contributed by atoms with Crippen molar-refractivity contribution in [2.45, 2.75) is 24.5 Å². The van der Waals surface area contributed by atoms with Crippen LogP contribution in [0.1, 0.15) is 30.0 Å². The number of anilines is 1. The number of benzene rings is 3. The molecular weight excluding hydrogens is 468 g/mol. The Balaban J connectivity index is 1.76. The molecule has 0 aliphatic heterocycles. The molecule has 0 amide bonds. The molecule has 0 saturated carbocycles. The molecule has 35 heavy (non-hydrogen) atoms. The lowest BCUT2D eigenvalue weighted by Gasteiger charge is -2.14. The number of aliphatic hydroxyl groups excluding tert-OH is 1. The number of nitrogens with one attached hydrogen (secondary N) is 1. The number of ether oxygens (including phenoxy) is 1. The molecule has 1 heterocycles. The Morgan fingerprint density at radius 1 is 1.14 bits per heavy atom. The third-order valence-electron chi connectivity index (χ3n) is 5.28. The van der Waals surface area contributed by atoms with Crippen molar-refractivity contribution >= 4 is 32.7 Å². The number of fused-ring (bicyclic) bond motifs is 1. The lowest BCUT2D eigenvalue weighted by molar-refractivity contribution is -0.143. The summed E-state index contributed by atoms with van der Waals surface area (Å²) in [6.45, 7) is 1.63. The molecule has 0 saturated heterocycles. The van der Waals surface area contributed by atoms with Gasteiger partial charge in [-0.25, -0.2) is 13.4 Å². The number of aliphatic hydroxyl groups is 1. The van der Waals surface area contributed by atoms with Gasteiger partial charge >= 0.3 is 5.97 Å². The van der Waals surface area contributed by atoms with Crippen LogP contribution in [-0.4, -0.2) is 35.7 Å². The molecule has 9 nitrogen and oxygen atoms in total. The van der Waals surface area contributed by atoms with E-state index in [0.29, 0.717) is 22.2 Å². The van der Waals surface area contributed by atoms with Gasteiger partial charge in [-0.15, -0.1) is 0 Å². The summed E-state index contributed by atoms with van der Waals surface area (Å²) >= 11 is 0. The summed E-state index contributed by atoms with van der Waals surface area (Å²) in [5, 5.41) is 20.1. The van der Waals surface area contributed by atoms with Crippen molar-refractivity contribution in [2.24, 2.45) is 0 Å². The molecule has 0 spiro atoms. The van der Waals surface area contributed by atoms with Crippen LogP contribution in [0.4, 0.5) is 5.69 Å². The molecule has 0 aliphatic carbocycles. The highest BCUT2D eigenvalue weighted by Crippen LogP contribution is 2.28. The number of imidazole rings is 1. The number of carbonyl (C=O) groups excluding carboxylic acids is 1. The first kappa shape index (κ1) is 23.9. The highest BCUT2D eigenvalue weighted by Gasteiger charge is 2.23. The van der Waals surface area contributed by atoms with Crippen LogP contribution in [0.5, 0.6) is 0 Å². The minimum absolute atomic E-state index is 0.108. The van der Waals surface area contributed by atoms with Gasteiger partial charge in [-0.05, 0) is 55.0 Å². The first-order valence-electron chi connectivity index (χ1n) is 10.7. The van der Waals surface area contributed by atoms with E-state index < -0.39 is 22.1 Å². The molecule has 2 N–H and O–H groups in total. The number of nitrogens with zero attached hydrogens (tertiary/aromatic N) is 3. The van der Waals surface area contributed by atoms with Gasteiger partial charge in [-0.1, -0.05) is 30.3 Å². The van der Waals surface area contributed by atoms with Gasteiger partial charge in [-0.3, -0.25) is 9.52 Å². The van der Waals surface area contributed by atoms with Crippen LogP contribution < -0.4 is 4.72 Å². The summed E-state index contributed by atoms with van der Waals surface area (Å²) in [6.07, 6.45) is -1.20. The topological polar surface area (TPSA) is 134 Å². The van der Waals surface area contributed by atoms with Gasteiger partial charge in [0.25, 0.3) is 10.0 Å². The lowest BCUT2D eigenvalue weighted by atomic mass is 10.1. The van der Waals surface area contributed by atoms with Gasteiger partial charge in [0.05, 0.1) is 39.9 Å². The van der Waals surface area contributed by atoms with Gasteiger partial charge in [0, 0.05) is 0 Å². The Morgan fingerprint density at radius 3 is 2.51 bits per heavy atom. The molecule has 0 radical (unpaired) electrons. The Kier molecular flexibility index (Phi) is 6.82. The Labute approximate surface area is 202 Å². The van der Waals surface area contributed by atoms with E-state index in [2.05, 4.69) is 9.71 Å². The summed E-state index contributed by atoms with van der Waals surface area (Å²) in [7, 11) is -3.83. The van der Waals surface area contributed by atoms with Crippen molar-refractivity contribution in [2.75, 3.05) is 11.3 Å². The summed E-state index contributed by atoms with van der Waals surface area (Å²) < 4.78 is 34.7. The van der Waals surface area contributed by atoms with Crippen LogP contribution in [0.15, 0.2) is 77.7 Å². The molecule has 0 bridgehead atoms. The fourth-order valence-electron chi connectivity index (χ4n) is 3.62. The number of carbonyl (C=O) groups is 1. The van der Waals surface area contributed by atoms with Gasteiger partial charge < -0.3 is 14.4 Å². The van der Waals surface area contributed by atoms with E-state index in [4.69, 9.17) is 10.00 Å². The van der Waals surface area contributed by atoms with E-state index in [-0.39, 0.29) is 29.6 Å². The van der Waals surface area contributed by atoms with Gasteiger partial charge in [0.15, 0.2) is 0 Å². The summed E-state index contributed by atoms with van der Waals surface area (Å²) in [5.74, 6) is -0.351. The lowest BCUT2D eigenvalue weighted by Crippen LogP contribution is -2.18. The molecule has 3 aromatic carbocycles. The molecule has 4 rings (SSSR count). The maximum Gasteiger partial charge on any atom is 0.326 e. The second kappa shape index (κ2) is 9.97. The predicted octanol–water partition coefficient (Wildman–Crippen LogP) is 3.35. The second-order valence-corrected chi connectivity index (χ2v) is 9.30. The second-order valence-electron chi connectivity index (χ2n) is 7.62. The first-order valence-corrected chi connectivity index (χ1v) is 12.2. The van der Waals surface area contributed by atoms with Crippen LogP contribution in [0.2, 0.25) is 0 Å². The number of aromatic nitrogens is 2. The fourth-order valence-corrected chi connectivity index (χ4v) is 4.69. The minimum Gasteiger partial charge on any atom is -0.465 e. The van der Waals surface area contributed by atoms with Crippen LogP contribution >= 0.6 is 0 Å². The molecule has 0 aliphatic rings. The van der Waals surface area contributed by atoms with Crippen LogP contribution in [0.3, 0.4) is 0 Å². The molecule has 1 unspecified atom stereocenters. The van der Waals surface area contributed by atoms with Crippen LogP contribution in [0, 0.1) is 11.3 Å². The number of sulfonamides is 1. The zero-order valence-corrected chi connectivity index (χ0v) is 19.6. The number of rotatable bonds is 8. The predicted molar refractivity (Wildman–Crippen MR) is 129 cm³/mol. The zero-order valence-electron chi connectivity index (χ0n) is 18.7. The van der Waals surface area contributed by atoms with Crippen molar-refractivity contribution in [3.63, 3.8) is 0 Å². The Bertz CT molecular complexity index is 1510. The molecular formula is C25H22N4O5S. The Morgan fingerprint density at radius 2 is 1.86 bits per heavy atom. The highest BCUT2D eigenvalue weighted by atomic mass is 32.2. The van der Waals surface area contributed by atoms with E-state index in [1.54, 1.807) is 67.6 Å². The molecule has 4 aromatic rings. The van der Waals surface area contributed by atoms with E-state index in [1.807, 2.05) is 6.07 Å². The van der Waals surface area contributed by atoms with Crippen molar-refractivity contribution in [3.05, 3.63) is 89.7 Å². The molecule has 1 atom stereocenters. The van der Waals surface area contributed by atoms with Gasteiger partial charge in [0.1, 0.15) is 18.5 Å². The van der Waals surface area contributed by atoms with Gasteiger partial charge in [-0.2, -0.15) is 5.26 Å². The van der Waals surface area contributed by atoms with Crippen molar-refractivity contribution in [3.8, 4) is 6.07 Å². The van der Waals surface area contributed by atoms with E-state index in [9.17, 15) is 18.3 Å². The molecule has 10 heteroatoms. The largest absolute Gasteiger partial charge is 0.465 e. The first-order chi connectivity index (χ1) is 16.8. The fraction of sp³-hybridized carbons (Fsp3) is 0.160. The smallest absolute Gasteiger partial charge is 0.326 e. The average Bonchev–Trinajstić information content (AvgIpc) is 3.21. The van der Waals surface area contributed by atoms with Gasteiger partial charge in [0.2, 0.25) is 0 Å². The number of nitriles is 1. The molecule has 178 valence electrons. The standard InChI is InChI=1S/C25H22N4O5S/c1-2-34-23(30)16-29-22-14-19(28-35(32,33)20-6-4-3-5-7-20)12-13-21(22)27-25(29)24(31)18-10-8-17(15-26)9-11-18/h3-14,24,28,31H,2,16H2,1H3. The third-order valence-corrected chi connectivity index (χ3v) is 6.67. The van der Waals surface area contributed by atoms with Crippen molar-refractivity contribution < 1.29 is 23.1 Å². The molecule has 0 fully saturated rings. The average molecular weight is 491 g/mol. The number of esters is 1. The van der Waals surface area contributed by atoms with E-state index in [1.165, 1.54) is 16.7 Å². The quantitative estimate of drug-likeness (QED) is 0.362. The number of hydrogen-bond acceptors (Lipinski definition) is 7. The summed E-state index contributed by atoms with van der Waals surface area (Å²) in [6, 6.07) is 21.1. The number of hydrogen-bond donors (Lipinski definition) is 2.